The maximum absolute atomic E-state index is 12.6. The van der Waals surface area contributed by atoms with Crippen LogP contribution in [0.15, 0.2) is 58.4 Å². The summed E-state index contributed by atoms with van der Waals surface area (Å²) in [6.45, 7) is 2.38. The monoisotopic (exact) mass is 382 g/mol. The molecule has 0 aromatic heterocycles. The maximum atomic E-state index is 12.6. The molecule has 1 heterocycles. The fourth-order valence-electron chi connectivity index (χ4n) is 2.49. The Morgan fingerprint density at radius 1 is 1.19 bits per heavy atom. The number of rotatable bonds is 4. The molecule has 0 saturated carbocycles. The summed E-state index contributed by atoms with van der Waals surface area (Å²) in [5, 5.41) is 9.96. The standard InChI is InChI=1S/C20H18N2O4S/c1-3-22-18(24)17(12-13-4-10-16(23)11-5-13)27-20(22)21-15-8-6-14(7-9-15)19(25)26-2/h4-12,23H,3H2,1-2H3/b17-12+,21-20?. The van der Waals surface area contributed by atoms with Crippen LogP contribution in [0.2, 0.25) is 0 Å². The van der Waals surface area contributed by atoms with Gasteiger partial charge in [0, 0.05) is 6.54 Å². The average molecular weight is 382 g/mol. The van der Waals surface area contributed by atoms with E-state index in [1.165, 1.54) is 18.9 Å². The summed E-state index contributed by atoms with van der Waals surface area (Å²) in [5.41, 5.74) is 1.91. The van der Waals surface area contributed by atoms with E-state index in [0.717, 1.165) is 5.56 Å². The molecule has 7 heteroatoms. The van der Waals surface area contributed by atoms with Crippen LogP contribution in [0.4, 0.5) is 5.69 Å². The molecular formula is C20H18N2O4S. The summed E-state index contributed by atoms with van der Waals surface area (Å²) in [5.74, 6) is -0.343. The highest BCUT2D eigenvalue weighted by Crippen LogP contribution is 2.34. The zero-order valence-corrected chi connectivity index (χ0v) is 15.7. The van der Waals surface area contributed by atoms with Crippen LogP contribution in [0.5, 0.6) is 5.75 Å². The molecule has 1 saturated heterocycles. The van der Waals surface area contributed by atoms with E-state index in [1.807, 2.05) is 6.92 Å². The van der Waals surface area contributed by atoms with Gasteiger partial charge in [-0.3, -0.25) is 9.69 Å². The summed E-state index contributed by atoms with van der Waals surface area (Å²) in [7, 11) is 1.33. The van der Waals surface area contributed by atoms with Crippen molar-refractivity contribution in [3.63, 3.8) is 0 Å². The number of hydrogen-bond acceptors (Lipinski definition) is 6. The molecule has 27 heavy (non-hydrogen) atoms. The average Bonchev–Trinajstić information content (AvgIpc) is 2.97. The fourth-order valence-corrected chi connectivity index (χ4v) is 3.55. The van der Waals surface area contributed by atoms with Gasteiger partial charge in [0.15, 0.2) is 5.17 Å². The van der Waals surface area contributed by atoms with Gasteiger partial charge in [-0.1, -0.05) is 12.1 Å². The third kappa shape index (κ3) is 4.20. The Hall–Kier alpha value is -3.06. The molecule has 1 amide bonds. The Balaban J connectivity index is 1.86. The Morgan fingerprint density at radius 3 is 2.44 bits per heavy atom. The van der Waals surface area contributed by atoms with Crippen molar-refractivity contribution in [2.24, 2.45) is 4.99 Å². The second kappa shape index (κ2) is 8.09. The molecule has 0 spiro atoms. The van der Waals surface area contributed by atoms with Crippen LogP contribution in [0.1, 0.15) is 22.8 Å². The van der Waals surface area contributed by atoms with Gasteiger partial charge in [0.05, 0.1) is 23.3 Å². The minimum atomic E-state index is -0.408. The highest BCUT2D eigenvalue weighted by molar-refractivity contribution is 8.18. The molecule has 0 radical (unpaired) electrons. The zero-order chi connectivity index (χ0) is 19.4. The molecule has 1 fully saturated rings. The van der Waals surface area contributed by atoms with E-state index < -0.39 is 5.97 Å². The third-order valence-corrected chi connectivity index (χ3v) is 4.91. The lowest BCUT2D eigenvalue weighted by Crippen LogP contribution is -2.28. The van der Waals surface area contributed by atoms with E-state index in [9.17, 15) is 14.7 Å². The first kappa shape index (κ1) is 18.7. The number of nitrogens with zero attached hydrogens (tertiary/aromatic N) is 2. The van der Waals surface area contributed by atoms with Gasteiger partial charge in [-0.15, -0.1) is 0 Å². The molecule has 6 nitrogen and oxygen atoms in total. The first-order chi connectivity index (χ1) is 13.0. The molecule has 1 aliphatic rings. The van der Waals surface area contributed by atoms with Gasteiger partial charge < -0.3 is 9.84 Å². The lowest BCUT2D eigenvalue weighted by Gasteiger charge is -2.12. The first-order valence-electron chi connectivity index (χ1n) is 8.29. The number of methoxy groups -OCH3 is 1. The number of ether oxygens (including phenoxy) is 1. The molecule has 0 bridgehead atoms. The van der Waals surface area contributed by atoms with Crippen molar-refractivity contribution in [3.8, 4) is 5.75 Å². The van der Waals surface area contributed by atoms with Crippen molar-refractivity contribution in [2.75, 3.05) is 13.7 Å². The number of carbonyl (C=O) groups excluding carboxylic acids is 2. The lowest BCUT2D eigenvalue weighted by molar-refractivity contribution is -0.122. The van der Waals surface area contributed by atoms with E-state index in [2.05, 4.69) is 9.73 Å². The number of carbonyl (C=O) groups is 2. The van der Waals surface area contributed by atoms with Crippen molar-refractivity contribution in [2.45, 2.75) is 6.92 Å². The normalized spacial score (nSPS) is 17.0. The first-order valence-corrected chi connectivity index (χ1v) is 9.11. The molecular weight excluding hydrogens is 364 g/mol. The van der Waals surface area contributed by atoms with Gasteiger partial charge in [0.1, 0.15) is 5.75 Å². The Labute approximate surface area is 161 Å². The van der Waals surface area contributed by atoms with E-state index in [1.54, 1.807) is 59.5 Å². The second-order valence-corrected chi connectivity index (χ2v) is 6.69. The summed E-state index contributed by atoms with van der Waals surface area (Å²) in [4.78, 5) is 30.9. The number of phenolic OH excluding ortho intramolecular Hbond substituents is 1. The van der Waals surface area contributed by atoms with E-state index in [-0.39, 0.29) is 11.7 Å². The Morgan fingerprint density at radius 2 is 1.85 bits per heavy atom. The molecule has 0 atom stereocenters. The number of thioether (sulfide) groups is 1. The molecule has 0 aliphatic carbocycles. The molecule has 1 aliphatic heterocycles. The minimum absolute atomic E-state index is 0.111. The number of esters is 1. The van der Waals surface area contributed by atoms with E-state index in [4.69, 9.17) is 0 Å². The molecule has 1 N–H and O–H groups in total. The van der Waals surface area contributed by atoms with Gasteiger partial charge in [-0.05, 0) is 66.7 Å². The quantitative estimate of drug-likeness (QED) is 0.643. The number of amides is 1. The van der Waals surface area contributed by atoms with E-state index >= 15 is 0 Å². The maximum Gasteiger partial charge on any atom is 0.337 e. The molecule has 3 rings (SSSR count). The molecule has 138 valence electrons. The second-order valence-electron chi connectivity index (χ2n) is 5.68. The predicted molar refractivity (Wildman–Crippen MR) is 106 cm³/mol. The number of likely N-dealkylation sites (N-methyl/N-ethyl adjacent to an activating group) is 1. The topological polar surface area (TPSA) is 79.2 Å². The van der Waals surface area contributed by atoms with Gasteiger partial charge >= 0.3 is 5.97 Å². The smallest absolute Gasteiger partial charge is 0.337 e. The summed E-state index contributed by atoms with van der Waals surface area (Å²) in [6.07, 6.45) is 1.78. The van der Waals surface area contributed by atoms with Gasteiger partial charge in [-0.2, -0.15) is 0 Å². The summed E-state index contributed by atoms with van der Waals surface area (Å²) < 4.78 is 4.68. The van der Waals surface area contributed by atoms with Gasteiger partial charge in [-0.25, -0.2) is 9.79 Å². The summed E-state index contributed by atoms with van der Waals surface area (Å²) in [6, 6.07) is 13.3. The zero-order valence-electron chi connectivity index (χ0n) is 14.9. The molecule has 2 aromatic carbocycles. The number of aliphatic imine (C=N–C) groups is 1. The Bertz CT molecular complexity index is 918. The summed E-state index contributed by atoms with van der Waals surface area (Å²) >= 11 is 1.29. The van der Waals surface area contributed by atoms with Crippen molar-refractivity contribution in [3.05, 3.63) is 64.6 Å². The number of hydrogen-bond donors (Lipinski definition) is 1. The predicted octanol–water partition coefficient (Wildman–Crippen LogP) is 3.80. The van der Waals surface area contributed by atoms with Crippen molar-refractivity contribution >= 4 is 40.6 Å². The lowest BCUT2D eigenvalue weighted by atomic mass is 10.2. The third-order valence-electron chi connectivity index (χ3n) is 3.91. The number of amidine groups is 1. The number of phenols is 1. The molecule has 2 aromatic rings. The minimum Gasteiger partial charge on any atom is -0.508 e. The largest absolute Gasteiger partial charge is 0.508 e. The number of aromatic hydroxyl groups is 1. The van der Waals surface area contributed by atoms with Crippen LogP contribution in [0.25, 0.3) is 6.08 Å². The Kier molecular flexibility index (Phi) is 5.61. The SMILES string of the molecule is CCN1C(=O)/C(=C\c2ccc(O)cc2)SC1=Nc1ccc(C(=O)OC)cc1. The van der Waals surface area contributed by atoms with Crippen LogP contribution < -0.4 is 0 Å². The fraction of sp³-hybridized carbons (Fsp3) is 0.150. The van der Waals surface area contributed by atoms with E-state index in [0.29, 0.717) is 27.9 Å². The van der Waals surface area contributed by atoms with Crippen LogP contribution >= 0.6 is 11.8 Å². The highest BCUT2D eigenvalue weighted by atomic mass is 32.2. The van der Waals surface area contributed by atoms with Crippen LogP contribution in [0.3, 0.4) is 0 Å². The van der Waals surface area contributed by atoms with Crippen molar-refractivity contribution in [1.82, 2.24) is 4.90 Å². The van der Waals surface area contributed by atoms with Crippen LogP contribution in [-0.4, -0.2) is 40.7 Å². The van der Waals surface area contributed by atoms with Crippen LogP contribution in [0, 0.1) is 0 Å². The molecule has 0 unspecified atom stereocenters. The highest BCUT2D eigenvalue weighted by Gasteiger charge is 2.32. The van der Waals surface area contributed by atoms with Crippen LogP contribution in [-0.2, 0) is 9.53 Å². The number of benzene rings is 2. The van der Waals surface area contributed by atoms with Crippen molar-refractivity contribution in [1.29, 1.82) is 0 Å². The van der Waals surface area contributed by atoms with Gasteiger partial charge in [0.2, 0.25) is 0 Å². The van der Waals surface area contributed by atoms with Gasteiger partial charge in [0.25, 0.3) is 5.91 Å². The van der Waals surface area contributed by atoms with Crippen molar-refractivity contribution < 1.29 is 19.4 Å².